The van der Waals surface area contributed by atoms with Crippen molar-refractivity contribution in [3.05, 3.63) is 33.9 Å². The SMILES string of the molecule is CCc1ccc(-c2nc(Cl)cc(C(C)C)n2)s1. The molecule has 0 amide bonds. The molecule has 0 radical (unpaired) electrons. The predicted octanol–water partition coefficient (Wildman–Crippen LogP) is 4.54. The molecule has 0 saturated heterocycles. The van der Waals surface area contributed by atoms with Gasteiger partial charge in [0.25, 0.3) is 0 Å². The summed E-state index contributed by atoms with van der Waals surface area (Å²) in [5.74, 6) is 1.10. The van der Waals surface area contributed by atoms with Crippen LogP contribution in [-0.2, 0) is 6.42 Å². The number of hydrogen-bond acceptors (Lipinski definition) is 3. The molecule has 17 heavy (non-hydrogen) atoms. The summed E-state index contributed by atoms with van der Waals surface area (Å²) >= 11 is 7.77. The molecule has 2 aromatic heterocycles. The molecule has 0 aromatic carbocycles. The van der Waals surface area contributed by atoms with Crippen LogP contribution in [0.5, 0.6) is 0 Å². The van der Waals surface area contributed by atoms with Crippen molar-refractivity contribution in [2.45, 2.75) is 33.1 Å². The second kappa shape index (κ2) is 5.15. The fourth-order valence-electron chi connectivity index (χ4n) is 1.53. The molecule has 2 heterocycles. The van der Waals surface area contributed by atoms with Crippen molar-refractivity contribution in [2.75, 3.05) is 0 Å². The van der Waals surface area contributed by atoms with Gasteiger partial charge in [-0.1, -0.05) is 32.4 Å². The van der Waals surface area contributed by atoms with E-state index in [4.69, 9.17) is 11.6 Å². The van der Waals surface area contributed by atoms with Crippen molar-refractivity contribution in [3.63, 3.8) is 0 Å². The molecular weight excluding hydrogens is 252 g/mol. The largest absolute Gasteiger partial charge is 0.232 e. The Hall–Kier alpha value is -0.930. The molecule has 4 heteroatoms. The lowest BCUT2D eigenvalue weighted by Crippen LogP contribution is -1.97. The van der Waals surface area contributed by atoms with Crippen LogP contribution in [0.25, 0.3) is 10.7 Å². The monoisotopic (exact) mass is 266 g/mol. The highest BCUT2D eigenvalue weighted by Gasteiger charge is 2.10. The minimum Gasteiger partial charge on any atom is -0.232 e. The summed E-state index contributed by atoms with van der Waals surface area (Å²) in [6.07, 6.45) is 1.04. The number of aryl methyl sites for hydroxylation is 1. The summed E-state index contributed by atoms with van der Waals surface area (Å²) in [5.41, 5.74) is 0.992. The maximum atomic E-state index is 6.04. The number of halogens is 1. The number of thiophene rings is 1. The van der Waals surface area contributed by atoms with Gasteiger partial charge in [0.2, 0.25) is 0 Å². The van der Waals surface area contributed by atoms with E-state index in [-0.39, 0.29) is 0 Å². The highest BCUT2D eigenvalue weighted by molar-refractivity contribution is 7.15. The molecule has 90 valence electrons. The topological polar surface area (TPSA) is 25.8 Å². The quantitative estimate of drug-likeness (QED) is 0.762. The van der Waals surface area contributed by atoms with Crippen molar-refractivity contribution in [3.8, 4) is 10.7 Å². The zero-order valence-corrected chi connectivity index (χ0v) is 11.8. The standard InChI is InChI=1S/C13H15ClN2S/c1-4-9-5-6-11(17-9)13-15-10(8(2)3)7-12(14)16-13/h5-8H,4H2,1-3H3. The van der Waals surface area contributed by atoms with E-state index >= 15 is 0 Å². The van der Waals surface area contributed by atoms with Gasteiger partial charge >= 0.3 is 0 Å². The van der Waals surface area contributed by atoms with Gasteiger partial charge in [0.15, 0.2) is 5.82 Å². The van der Waals surface area contributed by atoms with Crippen LogP contribution in [0.15, 0.2) is 18.2 Å². The summed E-state index contributed by atoms with van der Waals surface area (Å²) in [7, 11) is 0. The normalized spacial score (nSPS) is 11.1. The average Bonchev–Trinajstić information content (AvgIpc) is 2.76. The summed E-state index contributed by atoms with van der Waals surface area (Å²) < 4.78 is 0. The van der Waals surface area contributed by atoms with Crippen LogP contribution in [0.2, 0.25) is 5.15 Å². The number of nitrogens with zero attached hydrogens (tertiary/aromatic N) is 2. The summed E-state index contributed by atoms with van der Waals surface area (Å²) in [6.45, 7) is 6.36. The van der Waals surface area contributed by atoms with E-state index in [1.807, 2.05) is 6.07 Å². The van der Waals surface area contributed by atoms with Gasteiger partial charge in [-0.15, -0.1) is 11.3 Å². The van der Waals surface area contributed by atoms with Crippen molar-refractivity contribution < 1.29 is 0 Å². The first kappa shape index (κ1) is 12.5. The third-order valence-corrected chi connectivity index (χ3v) is 3.96. The smallest absolute Gasteiger partial charge is 0.171 e. The molecule has 0 aliphatic carbocycles. The van der Waals surface area contributed by atoms with E-state index in [0.717, 1.165) is 22.8 Å². The molecule has 0 aliphatic rings. The molecule has 2 nitrogen and oxygen atoms in total. The first-order valence-corrected chi connectivity index (χ1v) is 6.93. The molecule has 0 fully saturated rings. The second-order valence-electron chi connectivity index (χ2n) is 4.21. The van der Waals surface area contributed by atoms with Crippen LogP contribution >= 0.6 is 22.9 Å². The molecular formula is C13H15ClN2S. The fraction of sp³-hybridized carbons (Fsp3) is 0.385. The number of hydrogen-bond donors (Lipinski definition) is 0. The third kappa shape index (κ3) is 2.85. The van der Waals surface area contributed by atoms with Gasteiger partial charge in [0.05, 0.1) is 4.88 Å². The summed E-state index contributed by atoms with van der Waals surface area (Å²) in [4.78, 5) is 11.3. The fourth-order valence-corrected chi connectivity index (χ4v) is 2.60. The Morgan fingerprint density at radius 3 is 2.65 bits per heavy atom. The Kier molecular flexibility index (Phi) is 3.79. The van der Waals surface area contributed by atoms with E-state index in [1.165, 1.54) is 4.88 Å². The Morgan fingerprint density at radius 2 is 2.06 bits per heavy atom. The summed E-state index contributed by atoms with van der Waals surface area (Å²) in [6, 6.07) is 6.03. The highest BCUT2D eigenvalue weighted by Crippen LogP contribution is 2.28. The lowest BCUT2D eigenvalue weighted by Gasteiger charge is -2.06. The van der Waals surface area contributed by atoms with Gasteiger partial charge in [0, 0.05) is 10.6 Å². The van der Waals surface area contributed by atoms with Crippen LogP contribution < -0.4 is 0 Å². The summed E-state index contributed by atoms with van der Waals surface area (Å²) in [5, 5.41) is 0.519. The minimum atomic E-state index is 0.361. The average molecular weight is 267 g/mol. The molecule has 0 atom stereocenters. The highest BCUT2D eigenvalue weighted by atomic mass is 35.5. The lowest BCUT2D eigenvalue weighted by molar-refractivity contribution is 0.817. The second-order valence-corrected chi connectivity index (χ2v) is 5.77. The van der Waals surface area contributed by atoms with E-state index in [1.54, 1.807) is 11.3 Å². The molecule has 2 aromatic rings. The Labute approximate surface area is 111 Å². The number of rotatable bonds is 3. The van der Waals surface area contributed by atoms with Gasteiger partial charge in [-0.3, -0.25) is 0 Å². The zero-order chi connectivity index (χ0) is 12.4. The van der Waals surface area contributed by atoms with E-state index in [9.17, 15) is 0 Å². The van der Waals surface area contributed by atoms with Gasteiger partial charge in [-0.05, 0) is 30.5 Å². The molecule has 0 N–H and O–H groups in total. The molecule has 0 saturated carbocycles. The van der Waals surface area contributed by atoms with E-state index in [2.05, 4.69) is 42.9 Å². The van der Waals surface area contributed by atoms with Gasteiger partial charge < -0.3 is 0 Å². The van der Waals surface area contributed by atoms with Crippen LogP contribution in [0.4, 0.5) is 0 Å². The van der Waals surface area contributed by atoms with Crippen molar-refractivity contribution in [1.82, 2.24) is 9.97 Å². The van der Waals surface area contributed by atoms with Crippen LogP contribution in [0.1, 0.15) is 37.3 Å². The maximum absolute atomic E-state index is 6.04. The van der Waals surface area contributed by atoms with Crippen molar-refractivity contribution >= 4 is 22.9 Å². The van der Waals surface area contributed by atoms with Crippen LogP contribution in [0, 0.1) is 0 Å². The van der Waals surface area contributed by atoms with Gasteiger partial charge in [0.1, 0.15) is 5.15 Å². The molecule has 0 unspecified atom stereocenters. The first-order valence-electron chi connectivity index (χ1n) is 5.73. The number of aromatic nitrogens is 2. The van der Waals surface area contributed by atoms with Crippen molar-refractivity contribution in [1.29, 1.82) is 0 Å². The molecule has 0 spiro atoms. The van der Waals surface area contributed by atoms with Gasteiger partial charge in [-0.25, -0.2) is 9.97 Å². The van der Waals surface area contributed by atoms with Crippen LogP contribution in [0.3, 0.4) is 0 Å². The molecule has 0 aliphatic heterocycles. The van der Waals surface area contributed by atoms with Crippen molar-refractivity contribution in [2.24, 2.45) is 0 Å². The first-order chi connectivity index (χ1) is 8.10. The zero-order valence-electron chi connectivity index (χ0n) is 10.2. The maximum Gasteiger partial charge on any atom is 0.171 e. The predicted molar refractivity (Wildman–Crippen MR) is 73.8 cm³/mol. The van der Waals surface area contributed by atoms with E-state index in [0.29, 0.717) is 11.1 Å². The Morgan fingerprint density at radius 1 is 1.29 bits per heavy atom. The van der Waals surface area contributed by atoms with Gasteiger partial charge in [-0.2, -0.15) is 0 Å². The third-order valence-electron chi connectivity index (χ3n) is 2.54. The minimum absolute atomic E-state index is 0.361. The molecule has 2 rings (SSSR count). The van der Waals surface area contributed by atoms with Crippen LogP contribution in [-0.4, -0.2) is 9.97 Å². The lowest BCUT2D eigenvalue weighted by atomic mass is 10.1. The Bertz CT molecular complexity index is 520. The molecule has 0 bridgehead atoms. The van der Waals surface area contributed by atoms with E-state index < -0.39 is 0 Å². The Balaban J connectivity index is 2.44.